The summed E-state index contributed by atoms with van der Waals surface area (Å²) >= 11 is 3.38. The molecule has 0 spiro atoms. The van der Waals surface area contributed by atoms with Crippen LogP contribution in [-0.4, -0.2) is 25.2 Å². The van der Waals surface area contributed by atoms with Crippen molar-refractivity contribution >= 4 is 27.6 Å². The smallest absolute Gasteiger partial charge is 0.337 e. The molecule has 0 radical (unpaired) electrons. The van der Waals surface area contributed by atoms with Gasteiger partial charge in [0, 0.05) is 18.1 Å². The van der Waals surface area contributed by atoms with Gasteiger partial charge in [-0.1, -0.05) is 28.1 Å². The summed E-state index contributed by atoms with van der Waals surface area (Å²) in [5.41, 5.74) is 2.00. The van der Waals surface area contributed by atoms with Crippen LogP contribution in [-0.2, 0) is 6.54 Å². The summed E-state index contributed by atoms with van der Waals surface area (Å²) in [6, 6.07) is 12.9. The summed E-state index contributed by atoms with van der Waals surface area (Å²) in [4.78, 5) is 13.2. The maximum absolute atomic E-state index is 11.3. The van der Waals surface area contributed by atoms with Crippen LogP contribution in [0.3, 0.4) is 0 Å². The highest BCUT2D eigenvalue weighted by Crippen LogP contribution is 2.26. The van der Waals surface area contributed by atoms with Gasteiger partial charge >= 0.3 is 5.97 Å². The summed E-state index contributed by atoms with van der Waals surface area (Å²) in [6.07, 6.45) is 0. The summed E-state index contributed by atoms with van der Waals surface area (Å²) < 4.78 is 6.05. The lowest BCUT2D eigenvalue weighted by molar-refractivity contribution is 0.0697. The quantitative estimate of drug-likeness (QED) is 0.891. The third-order valence-corrected chi connectivity index (χ3v) is 3.65. The van der Waals surface area contributed by atoms with Gasteiger partial charge in [-0.05, 0) is 35.9 Å². The molecule has 0 heterocycles. The van der Waals surface area contributed by atoms with Crippen LogP contribution < -0.4 is 9.64 Å². The lowest BCUT2D eigenvalue weighted by Crippen LogP contribution is -2.19. The number of benzene rings is 2. The van der Waals surface area contributed by atoms with Crippen LogP contribution >= 0.6 is 15.9 Å². The van der Waals surface area contributed by atoms with E-state index < -0.39 is 5.97 Å². The molecule has 2 rings (SSSR count). The molecule has 0 saturated carbocycles. The van der Waals surface area contributed by atoms with Crippen molar-refractivity contribution in [3.05, 3.63) is 58.1 Å². The van der Waals surface area contributed by atoms with E-state index in [-0.39, 0.29) is 5.56 Å². The Kier molecular flexibility index (Phi) is 4.85. The SMILES string of the molecule is COc1cccc(CN(C)c2cc(Br)ccc2C(=O)O)c1. The highest BCUT2D eigenvalue weighted by molar-refractivity contribution is 9.10. The summed E-state index contributed by atoms with van der Waals surface area (Å²) in [7, 11) is 3.49. The third-order valence-electron chi connectivity index (χ3n) is 3.16. The van der Waals surface area contributed by atoms with E-state index in [9.17, 15) is 9.90 Å². The number of halogens is 1. The fourth-order valence-electron chi connectivity index (χ4n) is 2.13. The molecule has 4 nitrogen and oxygen atoms in total. The van der Waals surface area contributed by atoms with E-state index in [1.165, 1.54) is 0 Å². The van der Waals surface area contributed by atoms with Crippen LogP contribution in [0.2, 0.25) is 0 Å². The Bertz CT molecular complexity index is 658. The van der Waals surface area contributed by atoms with Crippen LogP contribution in [0.25, 0.3) is 0 Å². The van der Waals surface area contributed by atoms with Crippen molar-refractivity contribution in [3.63, 3.8) is 0 Å². The Morgan fingerprint density at radius 1 is 1.29 bits per heavy atom. The minimum absolute atomic E-state index is 0.281. The first-order valence-electron chi connectivity index (χ1n) is 6.38. The van der Waals surface area contributed by atoms with Crippen molar-refractivity contribution in [2.75, 3.05) is 19.1 Å². The number of carbonyl (C=O) groups is 1. The molecule has 0 aromatic heterocycles. The molecular formula is C16H16BrNO3. The number of aromatic carboxylic acids is 1. The van der Waals surface area contributed by atoms with Crippen LogP contribution in [0.1, 0.15) is 15.9 Å². The highest BCUT2D eigenvalue weighted by atomic mass is 79.9. The maximum atomic E-state index is 11.3. The number of carboxylic acid groups (broad SMARTS) is 1. The molecule has 2 aromatic rings. The normalized spacial score (nSPS) is 10.2. The number of ether oxygens (including phenoxy) is 1. The van der Waals surface area contributed by atoms with Crippen molar-refractivity contribution in [1.29, 1.82) is 0 Å². The van der Waals surface area contributed by atoms with Crippen molar-refractivity contribution in [1.82, 2.24) is 0 Å². The second kappa shape index (κ2) is 6.63. The zero-order chi connectivity index (χ0) is 15.4. The van der Waals surface area contributed by atoms with Gasteiger partial charge in [0.1, 0.15) is 5.75 Å². The van der Waals surface area contributed by atoms with Gasteiger partial charge in [0.2, 0.25) is 0 Å². The van der Waals surface area contributed by atoms with Crippen LogP contribution in [0, 0.1) is 0 Å². The second-order valence-corrected chi connectivity index (χ2v) is 5.59. The van der Waals surface area contributed by atoms with Gasteiger partial charge in [-0.3, -0.25) is 0 Å². The van der Waals surface area contributed by atoms with Crippen molar-refractivity contribution in [2.24, 2.45) is 0 Å². The number of methoxy groups -OCH3 is 1. The molecule has 0 atom stereocenters. The van der Waals surface area contributed by atoms with Gasteiger partial charge in [-0.25, -0.2) is 4.79 Å². The van der Waals surface area contributed by atoms with E-state index in [1.54, 1.807) is 19.2 Å². The van der Waals surface area contributed by atoms with Gasteiger partial charge in [0.05, 0.1) is 18.4 Å². The highest BCUT2D eigenvalue weighted by Gasteiger charge is 2.14. The Hall–Kier alpha value is -2.01. The first kappa shape index (κ1) is 15.4. The molecule has 2 aromatic carbocycles. The van der Waals surface area contributed by atoms with Crippen molar-refractivity contribution in [2.45, 2.75) is 6.54 Å². The minimum atomic E-state index is -0.935. The first-order chi connectivity index (χ1) is 10.0. The zero-order valence-electron chi connectivity index (χ0n) is 11.8. The van der Waals surface area contributed by atoms with E-state index in [0.717, 1.165) is 15.8 Å². The third kappa shape index (κ3) is 3.76. The average molecular weight is 350 g/mol. The molecule has 21 heavy (non-hydrogen) atoms. The fourth-order valence-corrected chi connectivity index (χ4v) is 2.48. The largest absolute Gasteiger partial charge is 0.497 e. The number of anilines is 1. The van der Waals surface area contributed by atoms with Gasteiger partial charge in [0.25, 0.3) is 0 Å². The molecule has 0 aliphatic rings. The Morgan fingerprint density at radius 3 is 2.71 bits per heavy atom. The van der Waals surface area contributed by atoms with E-state index in [0.29, 0.717) is 12.2 Å². The lowest BCUT2D eigenvalue weighted by Gasteiger charge is -2.22. The molecule has 0 bridgehead atoms. The van der Waals surface area contributed by atoms with Crippen molar-refractivity contribution < 1.29 is 14.6 Å². The molecule has 0 amide bonds. The van der Waals surface area contributed by atoms with Crippen LogP contribution in [0.15, 0.2) is 46.9 Å². The average Bonchev–Trinajstić information content (AvgIpc) is 2.47. The molecule has 1 N–H and O–H groups in total. The molecule has 0 fully saturated rings. The lowest BCUT2D eigenvalue weighted by atomic mass is 10.1. The predicted octanol–water partition coefficient (Wildman–Crippen LogP) is 3.79. The molecular weight excluding hydrogens is 334 g/mol. The van der Waals surface area contributed by atoms with E-state index in [1.807, 2.05) is 42.3 Å². The molecule has 0 aliphatic heterocycles. The van der Waals surface area contributed by atoms with E-state index in [2.05, 4.69) is 15.9 Å². The van der Waals surface area contributed by atoms with Gasteiger partial charge in [-0.2, -0.15) is 0 Å². The van der Waals surface area contributed by atoms with E-state index >= 15 is 0 Å². The number of hydrogen-bond donors (Lipinski definition) is 1. The summed E-state index contributed by atoms with van der Waals surface area (Å²) in [6.45, 7) is 0.591. The van der Waals surface area contributed by atoms with Crippen molar-refractivity contribution in [3.8, 4) is 5.75 Å². The van der Waals surface area contributed by atoms with Crippen LogP contribution in [0.5, 0.6) is 5.75 Å². The first-order valence-corrected chi connectivity index (χ1v) is 7.17. The number of nitrogens with zero attached hydrogens (tertiary/aromatic N) is 1. The Morgan fingerprint density at radius 2 is 2.05 bits per heavy atom. The number of rotatable bonds is 5. The molecule has 0 saturated heterocycles. The standard InChI is InChI=1S/C16H16BrNO3/c1-18(10-11-4-3-5-13(8-11)21-2)15-9-12(17)6-7-14(15)16(19)20/h3-9H,10H2,1-2H3,(H,19,20). The topological polar surface area (TPSA) is 49.8 Å². The Balaban J connectivity index is 2.29. The van der Waals surface area contributed by atoms with Gasteiger partial charge < -0.3 is 14.7 Å². The molecule has 110 valence electrons. The predicted molar refractivity (Wildman–Crippen MR) is 86.2 cm³/mol. The molecule has 0 unspecified atom stereocenters. The summed E-state index contributed by atoms with van der Waals surface area (Å²) in [5, 5.41) is 9.29. The van der Waals surface area contributed by atoms with Gasteiger partial charge in [0.15, 0.2) is 0 Å². The Labute approximate surface area is 132 Å². The second-order valence-electron chi connectivity index (χ2n) is 4.67. The maximum Gasteiger partial charge on any atom is 0.337 e. The zero-order valence-corrected chi connectivity index (χ0v) is 13.4. The van der Waals surface area contributed by atoms with Crippen LogP contribution in [0.4, 0.5) is 5.69 Å². The van der Waals surface area contributed by atoms with E-state index in [4.69, 9.17) is 4.74 Å². The fraction of sp³-hybridized carbons (Fsp3) is 0.188. The monoisotopic (exact) mass is 349 g/mol. The number of carboxylic acids is 1. The summed E-state index contributed by atoms with van der Waals surface area (Å²) in [5.74, 6) is -0.149. The minimum Gasteiger partial charge on any atom is -0.497 e. The van der Waals surface area contributed by atoms with Gasteiger partial charge in [-0.15, -0.1) is 0 Å². The number of hydrogen-bond acceptors (Lipinski definition) is 3. The molecule has 5 heteroatoms. The molecule has 0 aliphatic carbocycles.